The van der Waals surface area contributed by atoms with Crippen LogP contribution in [0.5, 0.6) is 11.5 Å². The first-order chi connectivity index (χ1) is 21.6. The van der Waals surface area contributed by atoms with Gasteiger partial charge in [-0.2, -0.15) is 5.10 Å². The molecule has 2 heterocycles. The van der Waals surface area contributed by atoms with Crippen LogP contribution < -0.4 is 20.1 Å². The summed E-state index contributed by atoms with van der Waals surface area (Å²) in [4.78, 5) is 43.4. The monoisotopic (exact) mass is 614 g/mol. The molecule has 0 saturated carbocycles. The first kappa shape index (κ1) is 33.0. The minimum absolute atomic E-state index is 0.0673. The summed E-state index contributed by atoms with van der Waals surface area (Å²) in [5, 5.41) is 10.3. The molecule has 1 saturated heterocycles. The number of methoxy groups -OCH3 is 2. The second kappa shape index (κ2) is 14.7. The smallest absolute Gasteiger partial charge is 0.276 e. The van der Waals surface area contributed by atoms with Crippen molar-refractivity contribution in [2.75, 3.05) is 52.8 Å². The summed E-state index contributed by atoms with van der Waals surface area (Å²) in [5.41, 5.74) is 3.33. The van der Waals surface area contributed by atoms with Crippen molar-refractivity contribution in [1.82, 2.24) is 24.9 Å². The van der Waals surface area contributed by atoms with Crippen molar-refractivity contribution in [2.45, 2.75) is 26.8 Å². The number of ether oxygens (including phenoxy) is 2. The number of aromatic nitrogens is 2. The van der Waals surface area contributed by atoms with Gasteiger partial charge in [0.1, 0.15) is 6.04 Å². The third-order valence-electron chi connectivity index (χ3n) is 7.74. The van der Waals surface area contributed by atoms with Gasteiger partial charge < -0.3 is 29.9 Å². The maximum atomic E-state index is 13.2. The molecule has 2 aromatic carbocycles. The number of nitrogens with one attached hydrogen (secondary N) is 2. The number of rotatable bonds is 11. The number of amides is 3. The van der Waals surface area contributed by atoms with Crippen molar-refractivity contribution >= 4 is 29.1 Å². The molecule has 0 spiro atoms. The Balaban J connectivity index is 1.45. The van der Waals surface area contributed by atoms with Gasteiger partial charge in [-0.3, -0.25) is 14.4 Å². The van der Waals surface area contributed by atoms with E-state index in [1.165, 1.54) is 0 Å². The fourth-order valence-corrected chi connectivity index (χ4v) is 5.09. The molecule has 1 aliphatic rings. The van der Waals surface area contributed by atoms with Crippen LogP contribution in [0.25, 0.3) is 5.70 Å². The molecule has 1 fully saturated rings. The van der Waals surface area contributed by atoms with E-state index < -0.39 is 11.9 Å². The first-order valence-corrected chi connectivity index (χ1v) is 14.9. The average Bonchev–Trinajstić information content (AvgIpc) is 3.43. The van der Waals surface area contributed by atoms with Crippen LogP contribution in [0.3, 0.4) is 0 Å². The van der Waals surface area contributed by atoms with E-state index in [-0.39, 0.29) is 23.4 Å². The second-order valence-electron chi connectivity index (χ2n) is 11.3. The maximum absolute atomic E-state index is 13.2. The molecule has 45 heavy (non-hydrogen) atoms. The molecule has 1 aliphatic heterocycles. The fourth-order valence-electron chi connectivity index (χ4n) is 5.09. The van der Waals surface area contributed by atoms with E-state index in [4.69, 9.17) is 9.47 Å². The van der Waals surface area contributed by atoms with Crippen LogP contribution in [0.4, 0.5) is 5.69 Å². The van der Waals surface area contributed by atoms with Crippen molar-refractivity contribution in [3.63, 3.8) is 0 Å². The highest BCUT2D eigenvalue weighted by molar-refractivity contribution is 6.03. The minimum Gasteiger partial charge on any atom is -0.493 e. The summed E-state index contributed by atoms with van der Waals surface area (Å²) in [6, 6.07) is 13.1. The Labute approximate surface area is 264 Å². The Hall–Kier alpha value is -4.90. The molecule has 0 bridgehead atoms. The summed E-state index contributed by atoms with van der Waals surface area (Å²) in [6.07, 6.45) is 3.45. The van der Waals surface area contributed by atoms with Gasteiger partial charge in [0.25, 0.3) is 11.8 Å². The highest BCUT2D eigenvalue weighted by Crippen LogP contribution is 2.31. The first-order valence-electron chi connectivity index (χ1n) is 14.9. The molecule has 11 heteroatoms. The second-order valence-corrected chi connectivity index (χ2v) is 11.3. The molecule has 3 aromatic rings. The molecule has 238 valence electrons. The van der Waals surface area contributed by atoms with Gasteiger partial charge in [0.05, 0.1) is 19.9 Å². The van der Waals surface area contributed by atoms with Crippen molar-refractivity contribution in [3.05, 3.63) is 89.8 Å². The lowest BCUT2D eigenvalue weighted by atomic mass is 10.0. The van der Waals surface area contributed by atoms with Crippen molar-refractivity contribution in [3.8, 4) is 11.5 Å². The highest BCUT2D eigenvalue weighted by atomic mass is 16.5. The number of hydrogen-bond donors (Lipinski definition) is 2. The van der Waals surface area contributed by atoms with Gasteiger partial charge in [-0.05, 0) is 74.5 Å². The minimum atomic E-state index is -0.627. The van der Waals surface area contributed by atoms with Gasteiger partial charge in [0.2, 0.25) is 5.91 Å². The van der Waals surface area contributed by atoms with Crippen molar-refractivity contribution in [1.29, 1.82) is 0 Å². The standard InChI is InChI=1S/C34H42N6O5/c1-8-9-28(25-12-15-29(44-6)30(21-25)45-7)40-23(4)20-27(37-40)33(42)35-26-13-10-24(11-14-26)32(41)36-31(22(2)3)34(43)39-18-16-38(5)17-19-39/h8-15,20-22,31H,1,16-19H2,2-7H3,(H,35,42)(H,36,41)/b28-9-. The molecule has 11 nitrogen and oxygen atoms in total. The van der Waals surface area contributed by atoms with E-state index in [2.05, 4.69) is 27.2 Å². The van der Waals surface area contributed by atoms with Gasteiger partial charge in [0, 0.05) is 48.7 Å². The predicted octanol–water partition coefficient (Wildman–Crippen LogP) is 4.06. The SMILES string of the molecule is C=C/C=C(/c1ccc(OC)c(OC)c1)n1nc(C(=O)Nc2ccc(C(=O)NC(C(=O)N3CCN(C)CC3)C(C)C)cc2)cc1C. The van der Waals surface area contributed by atoms with Crippen molar-refractivity contribution < 1.29 is 23.9 Å². The Morgan fingerprint density at radius 2 is 1.56 bits per heavy atom. The maximum Gasteiger partial charge on any atom is 0.276 e. The third-order valence-corrected chi connectivity index (χ3v) is 7.74. The lowest BCUT2D eigenvalue weighted by Gasteiger charge is -2.35. The lowest BCUT2D eigenvalue weighted by Crippen LogP contribution is -2.55. The molecular formula is C34H42N6O5. The number of carbonyl (C=O) groups excluding carboxylic acids is 3. The Morgan fingerprint density at radius 3 is 2.16 bits per heavy atom. The Bertz CT molecular complexity index is 1570. The van der Waals surface area contributed by atoms with Crippen LogP contribution in [0, 0.1) is 12.8 Å². The molecular weight excluding hydrogens is 572 g/mol. The van der Waals surface area contributed by atoms with E-state index in [1.807, 2.05) is 44.9 Å². The van der Waals surface area contributed by atoms with Crippen LogP contribution in [-0.4, -0.2) is 90.8 Å². The fraction of sp³-hybridized carbons (Fsp3) is 0.353. The molecule has 1 atom stereocenters. The van der Waals surface area contributed by atoms with Gasteiger partial charge in [-0.25, -0.2) is 4.68 Å². The number of aryl methyl sites for hydroxylation is 1. The number of hydrogen-bond acceptors (Lipinski definition) is 7. The van der Waals surface area contributed by atoms with Crippen LogP contribution >= 0.6 is 0 Å². The largest absolute Gasteiger partial charge is 0.493 e. The normalized spacial score (nSPS) is 14.6. The summed E-state index contributed by atoms with van der Waals surface area (Å²) < 4.78 is 12.5. The Morgan fingerprint density at radius 1 is 0.911 bits per heavy atom. The molecule has 0 aliphatic carbocycles. The number of likely N-dealkylation sites (N-methyl/N-ethyl adjacent to an activating group) is 1. The summed E-state index contributed by atoms with van der Waals surface area (Å²) in [7, 11) is 5.17. The van der Waals surface area contributed by atoms with E-state index in [0.29, 0.717) is 41.5 Å². The lowest BCUT2D eigenvalue weighted by molar-refractivity contribution is -0.135. The number of nitrogens with zero attached hydrogens (tertiary/aromatic N) is 4. The van der Waals surface area contributed by atoms with Crippen LogP contribution in [0.15, 0.2) is 67.3 Å². The van der Waals surface area contributed by atoms with E-state index in [9.17, 15) is 14.4 Å². The van der Waals surface area contributed by atoms with E-state index in [0.717, 1.165) is 24.3 Å². The molecule has 3 amide bonds. The quantitative estimate of drug-likeness (QED) is 0.313. The zero-order chi connectivity index (χ0) is 32.7. The summed E-state index contributed by atoms with van der Waals surface area (Å²) >= 11 is 0. The van der Waals surface area contributed by atoms with Crippen LogP contribution in [0.2, 0.25) is 0 Å². The highest BCUT2D eigenvalue weighted by Gasteiger charge is 2.30. The van der Waals surface area contributed by atoms with Gasteiger partial charge in [0.15, 0.2) is 17.2 Å². The van der Waals surface area contributed by atoms with Gasteiger partial charge >= 0.3 is 0 Å². The number of piperazine rings is 1. The van der Waals surface area contributed by atoms with E-state index in [1.54, 1.807) is 67.5 Å². The molecule has 0 radical (unpaired) electrons. The van der Waals surface area contributed by atoms with Crippen LogP contribution in [-0.2, 0) is 4.79 Å². The number of carbonyl (C=O) groups is 3. The zero-order valence-corrected chi connectivity index (χ0v) is 26.8. The summed E-state index contributed by atoms with van der Waals surface area (Å²) in [5.74, 6) is 0.265. The predicted molar refractivity (Wildman–Crippen MR) is 175 cm³/mol. The molecule has 1 aromatic heterocycles. The number of anilines is 1. The molecule has 1 unspecified atom stereocenters. The molecule has 4 rings (SSSR count). The average molecular weight is 615 g/mol. The van der Waals surface area contributed by atoms with Crippen molar-refractivity contribution in [2.24, 2.45) is 5.92 Å². The molecule has 2 N–H and O–H groups in total. The Kier molecular flexibility index (Phi) is 10.8. The van der Waals surface area contributed by atoms with Gasteiger partial charge in [-0.1, -0.05) is 26.5 Å². The van der Waals surface area contributed by atoms with E-state index >= 15 is 0 Å². The summed E-state index contributed by atoms with van der Waals surface area (Å²) in [6.45, 7) is 12.4. The third kappa shape index (κ3) is 7.79. The van der Waals surface area contributed by atoms with Gasteiger partial charge in [-0.15, -0.1) is 0 Å². The number of benzene rings is 2. The zero-order valence-electron chi connectivity index (χ0n) is 26.8. The number of allylic oxidation sites excluding steroid dienone is 2. The van der Waals surface area contributed by atoms with Crippen LogP contribution in [0.1, 0.15) is 46.0 Å². The topological polar surface area (TPSA) is 118 Å².